The first-order valence-electron chi connectivity index (χ1n) is 18.7. The number of aliphatic hydroxyl groups is 1. The monoisotopic (exact) mass is 716 g/mol. The van der Waals surface area contributed by atoms with Crippen LogP contribution in [0.5, 0.6) is 11.5 Å². The van der Waals surface area contributed by atoms with E-state index in [4.69, 9.17) is 4.74 Å². The number of aliphatic hydroxyl groups excluding tert-OH is 1. The van der Waals surface area contributed by atoms with Crippen molar-refractivity contribution >= 4 is 22.7 Å². The second-order valence-corrected chi connectivity index (χ2v) is 14.3. The number of fused-ring (bicyclic) bond motifs is 4. The smallest absolute Gasteiger partial charge is 0.412 e. The van der Waals surface area contributed by atoms with E-state index < -0.39 is 12.2 Å². The summed E-state index contributed by atoms with van der Waals surface area (Å²) >= 11 is 0. The molecule has 3 aliphatic heterocycles. The fourth-order valence-corrected chi connectivity index (χ4v) is 7.95. The lowest BCUT2D eigenvalue weighted by Gasteiger charge is -2.48. The Morgan fingerprint density at radius 3 is 2.43 bits per heavy atom. The Labute approximate surface area is 309 Å². The highest BCUT2D eigenvalue weighted by Crippen LogP contribution is 2.39. The van der Waals surface area contributed by atoms with Crippen LogP contribution in [-0.2, 0) is 12.8 Å². The van der Waals surface area contributed by atoms with Crippen molar-refractivity contribution in [2.75, 3.05) is 44.2 Å². The number of phenols is 1. The topological polar surface area (TPSA) is 138 Å². The molecule has 10 heteroatoms. The van der Waals surface area contributed by atoms with Gasteiger partial charge in [-0.05, 0) is 117 Å². The van der Waals surface area contributed by atoms with Crippen molar-refractivity contribution in [1.82, 2.24) is 15.2 Å². The molecule has 5 aromatic rings. The number of amides is 1. The van der Waals surface area contributed by atoms with E-state index in [1.54, 1.807) is 17.0 Å². The van der Waals surface area contributed by atoms with Crippen LogP contribution in [0, 0.1) is 5.92 Å². The zero-order valence-electron chi connectivity index (χ0n) is 29.9. The van der Waals surface area contributed by atoms with Gasteiger partial charge in [0.25, 0.3) is 0 Å². The molecule has 276 valence electrons. The first kappa shape index (κ1) is 36.2. The van der Waals surface area contributed by atoms with Crippen LogP contribution < -0.4 is 20.5 Å². The molecule has 1 amide bonds. The van der Waals surface area contributed by atoms with E-state index in [1.807, 2.05) is 30.3 Å². The van der Waals surface area contributed by atoms with Crippen molar-refractivity contribution in [3.63, 3.8) is 0 Å². The summed E-state index contributed by atoms with van der Waals surface area (Å²) in [6.45, 7) is 4.50. The highest BCUT2D eigenvalue weighted by atomic mass is 16.5. The predicted octanol–water partition coefficient (Wildman–Crippen LogP) is 6.75. The lowest BCUT2D eigenvalue weighted by molar-refractivity contribution is 0.0837. The Hall–Kier alpha value is -5.16. The number of nitrogens with zero attached hydrogens (tertiary/aromatic N) is 2. The molecule has 0 aliphatic carbocycles. The predicted molar refractivity (Wildman–Crippen MR) is 208 cm³/mol. The fraction of sp³-hybridized carbons (Fsp3) is 0.349. The SMILES string of the molecule is O=C(O)N(c1cc(CCCCOc2ccc(CCNC[C@H](O)c3ccc(O)c4[nH]c(=O)ccc34)cc2)ccc1-c1ccccc1)[C@H]1CN2CCC1CC2. The van der Waals surface area contributed by atoms with Crippen LogP contribution in [0.2, 0.25) is 0 Å². The minimum Gasteiger partial charge on any atom is -0.506 e. The Balaban J connectivity index is 0.887. The first-order chi connectivity index (χ1) is 25.8. The van der Waals surface area contributed by atoms with E-state index in [-0.39, 0.29) is 17.4 Å². The van der Waals surface area contributed by atoms with Crippen LogP contribution in [0.3, 0.4) is 0 Å². The molecule has 0 spiro atoms. The van der Waals surface area contributed by atoms with Gasteiger partial charge in [0.2, 0.25) is 5.56 Å². The molecular formula is C43H48N4O6. The van der Waals surface area contributed by atoms with E-state index in [0.29, 0.717) is 42.1 Å². The van der Waals surface area contributed by atoms with Gasteiger partial charge in [0.05, 0.1) is 30.0 Å². The largest absolute Gasteiger partial charge is 0.506 e. The van der Waals surface area contributed by atoms with Gasteiger partial charge in [-0.1, -0.05) is 60.7 Å². The number of pyridine rings is 1. The molecule has 0 unspecified atom stereocenters. The molecule has 3 fully saturated rings. The third-order valence-electron chi connectivity index (χ3n) is 10.8. The number of rotatable bonds is 15. The summed E-state index contributed by atoms with van der Waals surface area (Å²) in [6.07, 6.45) is 3.82. The molecule has 4 aromatic carbocycles. The maximum atomic E-state index is 12.9. The Bertz CT molecular complexity index is 2060. The minimum atomic E-state index is -0.882. The van der Waals surface area contributed by atoms with E-state index in [1.165, 1.54) is 12.1 Å². The zero-order chi connectivity index (χ0) is 36.7. The van der Waals surface area contributed by atoms with Gasteiger partial charge in [0.15, 0.2) is 0 Å². The van der Waals surface area contributed by atoms with Crippen molar-refractivity contribution in [3.8, 4) is 22.6 Å². The molecule has 4 heterocycles. The van der Waals surface area contributed by atoms with Crippen LogP contribution >= 0.6 is 0 Å². The highest BCUT2D eigenvalue weighted by molar-refractivity contribution is 5.94. The number of anilines is 1. The number of unbranched alkanes of at least 4 members (excludes halogenated alkanes) is 1. The van der Waals surface area contributed by atoms with E-state index in [0.717, 1.165) is 91.8 Å². The van der Waals surface area contributed by atoms with Gasteiger partial charge in [0.1, 0.15) is 11.5 Å². The molecule has 3 saturated heterocycles. The average Bonchev–Trinajstić information content (AvgIpc) is 3.18. The number of benzene rings is 4. The standard InChI is InChI=1S/C43H48N4O6/c48-39-17-15-35(36-16-18-41(50)45-42(36)39)40(49)27-44-22-19-29-9-12-33(13-10-29)53-25-5-4-6-30-11-14-34(31-7-2-1-3-8-31)37(26-30)47(43(51)52)38-28-46-23-20-32(38)21-24-46/h1-3,7-18,26,32,38,40,44,48-49H,4-6,19-25,27-28H2,(H,45,50)(H,51,52)/t38-,40-/m0/s1. The molecular weight excluding hydrogens is 668 g/mol. The van der Waals surface area contributed by atoms with Gasteiger partial charge in [-0.25, -0.2) is 4.79 Å². The van der Waals surface area contributed by atoms with Crippen LogP contribution in [0.4, 0.5) is 10.5 Å². The molecule has 1 aromatic heterocycles. The number of aryl methyl sites for hydroxylation is 1. The summed E-state index contributed by atoms with van der Waals surface area (Å²) in [6, 6.07) is 30.6. The molecule has 8 rings (SSSR count). The lowest BCUT2D eigenvalue weighted by Crippen LogP contribution is -2.59. The Morgan fingerprint density at radius 1 is 0.925 bits per heavy atom. The van der Waals surface area contributed by atoms with Gasteiger partial charge in [0, 0.05) is 30.1 Å². The molecule has 10 nitrogen and oxygen atoms in total. The van der Waals surface area contributed by atoms with Crippen LogP contribution in [0.15, 0.2) is 102 Å². The maximum absolute atomic E-state index is 12.9. The van der Waals surface area contributed by atoms with Gasteiger partial charge >= 0.3 is 6.09 Å². The van der Waals surface area contributed by atoms with Crippen LogP contribution in [0.25, 0.3) is 22.0 Å². The quantitative estimate of drug-likeness (QED) is 0.0751. The number of piperidine rings is 3. The highest BCUT2D eigenvalue weighted by Gasteiger charge is 2.40. The van der Waals surface area contributed by atoms with Gasteiger partial charge in [-0.15, -0.1) is 0 Å². The first-order valence-corrected chi connectivity index (χ1v) is 18.7. The average molecular weight is 717 g/mol. The van der Waals surface area contributed by atoms with Gasteiger partial charge in [-0.2, -0.15) is 0 Å². The summed E-state index contributed by atoms with van der Waals surface area (Å²) in [4.78, 5) is 31.3. The van der Waals surface area contributed by atoms with Crippen molar-refractivity contribution in [1.29, 1.82) is 0 Å². The summed E-state index contributed by atoms with van der Waals surface area (Å²) in [5, 5.41) is 35.4. The second-order valence-electron chi connectivity index (χ2n) is 14.3. The number of nitrogens with one attached hydrogen (secondary N) is 2. The van der Waals surface area contributed by atoms with E-state index in [2.05, 4.69) is 57.7 Å². The minimum absolute atomic E-state index is 0.0295. The van der Waals surface area contributed by atoms with Gasteiger partial charge < -0.3 is 35.3 Å². The molecule has 2 bridgehead atoms. The summed E-state index contributed by atoms with van der Waals surface area (Å²) < 4.78 is 6.05. The Morgan fingerprint density at radius 2 is 1.70 bits per heavy atom. The molecule has 0 radical (unpaired) electrons. The van der Waals surface area contributed by atoms with Gasteiger partial charge in [-0.3, -0.25) is 9.69 Å². The summed E-state index contributed by atoms with van der Waals surface area (Å²) in [7, 11) is 0. The number of hydrogen-bond donors (Lipinski definition) is 5. The normalized spacial score (nSPS) is 18.5. The lowest BCUT2D eigenvalue weighted by atomic mass is 9.82. The van der Waals surface area contributed by atoms with E-state index >= 15 is 0 Å². The Kier molecular flexibility index (Phi) is 11.4. The number of aromatic hydroxyl groups is 1. The number of aromatic amines is 1. The number of ether oxygens (including phenoxy) is 1. The number of carbonyl (C=O) groups is 1. The fourth-order valence-electron chi connectivity index (χ4n) is 7.95. The van der Waals surface area contributed by atoms with Crippen molar-refractivity contribution in [2.24, 2.45) is 5.92 Å². The number of aromatic nitrogens is 1. The van der Waals surface area contributed by atoms with Crippen molar-refractivity contribution < 1.29 is 24.9 Å². The molecule has 5 N–H and O–H groups in total. The number of phenolic OH excluding ortho intramolecular Hbond substituents is 1. The van der Waals surface area contributed by atoms with E-state index in [9.17, 15) is 24.9 Å². The molecule has 2 atom stereocenters. The van der Waals surface area contributed by atoms with Crippen LogP contribution in [-0.4, -0.2) is 76.7 Å². The number of H-pyrrole nitrogens is 1. The molecule has 53 heavy (non-hydrogen) atoms. The van der Waals surface area contributed by atoms with Crippen molar-refractivity contribution in [2.45, 2.75) is 50.7 Å². The third-order valence-corrected chi connectivity index (χ3v) is 10.8. The second kappa shape index (κ2) is 16.7. The maximum Gasteiger partial charge on any atom is 0.412 e. The molecule has 0 saturated carbocycles. The number of hydrogen-bond acceptors (Lipinski definition) is 7. The van der Waals surface area contributed by atoms with Crippen molar-refractivity contribution in [3.05, 3.63) is 124 Å². The number of carboxylic acid groups (broad SMARTS) is 1. The summed E-state index contributed by atoms with van der Waals surface area (Å²) in [5.74, 6) is 1.18. The van der Waals surface area contributed by atoms with Crippen LogP contribution in [0.1, 0.15) is 48.5 Å². The third kappa shape index (κ3) is 8.57. The zero-order valence-corrected chi connectivity index (χ0v) is 29.9. The summed E-state index contributed by atoms with van der Waals surface area (Å²) in [5.41, 5.74) is 5.69. The molecule has 3 aliphatic rings.